The second-order valence-corrected chi connectivity index (χ2v) is 4.34. The Morgan fingerprint density at radius 3 is 2.37 bits per heavy atom. The molecule has 2 aromatic rings. The van der Waals surface area contributed by atoms with E-state index in [1.165, 1.54) is 0 Å². The molecular weight excluding hydrogens is 255 g/mol. The van der Waals surface area contributed by atoms with Crippen molar-refractivity contribution in [2.75, 3.05) is 0 Å². The van der Waals surface area contributed by atoms with Gasteiger partial charge in [-0.1, -0.05) is 25.5 Å². The summed E-state index contributed by atoms with van der Waals surface area (Å²) in [5, 5.41) is 0. The lowest BCUT2D eigenvalue weighted by Crippen LogP contribution is -2.04. The number of rotatable bonds is 4. The Morgan fingerprint density at radius 1 is 1.16 bits per heavy atom. The van der Waals surface area contributed by atoms with Gasteiger partial charge in [0, 0.05) is 5.56 Å². The number of aryl methyl sites for hydroxylation is 1. The topological polar surface area (TPSA) is 26.0 Å². The summed E-state index contributed by atoms with van der Waals surface area (Å²) >= 11 is 0. The van der Waals surface area contributed by atoms with Crippen molar-refractivity contribution in [3.05, 3.63) is 41.8 Å². The molecule has 0 aliphatic heterocycles. The zero-order valence-corrected chi connectivity index (χ0v) is 10.5. The van der Waals surface area contributed by atoms with Gasteiger partial charge in [-0.05, 0) is 30.5 Å². The molecule has 102 valence electrons. The maximum absolute atomic E-state index is 12.4. The smallest absolute Gasteiger partial charge is 0.436 e. The third-order valence-corrected chi connectivity index (χ3v) is 2.81. The van der Waals surface area contributed by atoms with E-state index in [0.29, 0.717) is 11.8 Å². The third kappa shape index (κ3) is 3.36. The Balaban J connectivity index is 2.16. The minimum atomic E-state index is -4.47. The van der Waals surface area contributed by atoms with Crippen LogP contribution in [0.4, 0.5) is 13.2 Å². The molecule has 5 heteroatoms. The molecule has 19 heavy (non-hydrogen) atoms. The molecule has 0 atom stereocenters. The number of hydrogen-bond donors (Lipinski definition) is 0. The van der Waals surface area contributed by atoms with Crippen molar-refractivity contribution in [3.8, 4) is 11.5 Å². The molecule has 2 rings (SSSR count). The summed E-state index contributed by atoms with van der Waals surface area (Å²) in [6.07, 6.45) is -0.660. The van der Waals surface area contributed by atoms with Crippen LogP contribution < -0.4 is 0 Å². The highest BCUT2D eigenvalue weighted by Crippen LogP contribution is 2.30. The second kappa shape index (κ2) is 5.47. The first-order chi connectivity index (χ1) is 9.00. The Labute approximate surface area is 109 Å². The molecule has 0 saturated heterocycles. The van der Waals surface area contributed by atoms with E-state index >= 15 is 0 Å². The molecule has 0 radical (unpaired) electrons. The van der Waals surface area contributed by atoms with Crippen LogP contribution in [0.2, 0.25) is 0 Å². The largest absolute Gasteiger partial charge is 0.444 e. The van der Waals surface area contributed by atoms with Gasteiger partial charge < -0.3 is 4.42 Å². The number of unbranched alkanes of at least 4 members (excludes halogenated alkanes) is 1. The first-order valence-electron chi connectivity index (χ1n) is 6.12. The molecule has 0 spiro atoms. The summed E-state index contributed by atoms with van der Waals surface area (Å²) in [6.45, 7) is 2.11. The van der Waals surface area contributed by atoms with Crippen LogP contribution in [0.1, 0.15) is 31.0 Å². The van der Waals surface area contributed by atoms with Crippen molar-refractivity contribution < 1.29 is 17.6 Å². The molecule has 0 unspecified atom stereocenters. The molecule has 1 heterocycles. The molecule has 0 bridgehead atoms. The van der Waals surface area contributed by atoms with Crippen LogP contribution in [-0.4, -0.2) is 4.98 Å². The standard InChI is InChI=1S/C14H14F3NO/c1-2-3-4-10-5-7-11(8-6-10)13-18-12(9-19-13)14(15,16)17/h5-9H,2-4H2,1H3. The van der Waals surface area contributed by atoms with Crippen LogP contribution in [0.3, 0.4) is 0 Å². The van der Waals surface area contributed by atoms with E-state index in [9.17, 15) is 13.2 Å². The summed E-state index contributed by atoms with van der Waals surface area (Å²) in [7, 11) is 0. The van der Waals surface area contributed by atoms with Crippen molar-refractivity contribution >= 4 is 0 Å². The highest BCUT2D eigenvalue weighted by Gasteiger charge is 2.34. The Bertz CT molecular complexity index is 528. The molecule has 2 nitrogen and oxygen atoms in total. The van der Waals surface area contributed by atoms with Gasteiger partial charge in [-0.25, -0.2) is 4.98 Å². The van der Waals surface area contributed by atoms with Crippen LogP contribution in [0.5, 0.6) is 0 Å². The van der Waals surface area contributed by atoms with Crippen LogP contribution in [0.25, 0.3) is 11.5 Å². The second-order valence-electron chi connectivity index (χ2n) is 4.34. The molecule has 0 aliphatic carbocycles. The molecule has 0 saturated carbocycles. The highest BCUT2D eigenvalue weighted by atomic mass is 19.4. The van der Waals surface area contributed by atoms with Gasteiger partial charge >= 0.3 is 6.18 Å². The van der Waals surface area contributed by atoms with Gasteiger partial charge in [0.2, 0.25) is 5.89 Å². The van der Waals surface area contributed by atoms with Crippen molar-refractivity contribution in [2.24, 2.45) is 0 Å². The molecule has 0 fully saturated rings. The van der Waals surface area contributed by atoms with E-state index in [1.54, 1.807) is 12.1 Å². The summed E-state index contributed by atoms with van der Waals surface area (Å²) in [5.74, 6) is -0.00522. The average Bonchev–Trinajstić information content (AvgIpc) is 2.86. The van der Waals surface area contributed by atoms with E-state index < -0.39 is 11.9 Å². The van der Waals surface area contributed by atoms with Crippen molar-refractivity contribution in [1.82, 2.24) is 4.98 Å². The fourth-order valence-corrected chi connectivity index (χ4v) is 1.73. The summed E-state index contributed by atoms with van der Waals surface area (Å²) in [5.41, 5.74) is 0.710. The maximum atomic E-state index is 12.4. The quantitative estimate of drug-likeness (QED) is 0.803. The van der Waals surface area contributed by atoms with E-state index in [1.807, 2.05) is 12.1 Å². The Morgan fingerprint density at radius 2 is 1.84 bits per heavy atom. The lowest BCUT2D eigenvalue weighted by Gasteiger charge is -2.01. The number of hydrogen-bond acceptors (Lipinski definition) is 2. The third-order valence-electron chi connectivity index (χ3n) is 2.81. The SMILES string of the molecule is CCCCc1ccc(-c2nc(C(F)(F)F)co2)cc1. The summed E-state index contributed by atoms with van der Waals surface area (Å²) in [6, 6.07) is 7.25. The van der Waals surface area contributed by atoms with Gasteiger partial charge in [0.05, 0.1) is 0 Å². The van der Waals surface area contributed by atoms with Gasteiger partial charge in [0.25, 0.3) is 0 Å². The lowest BCUT2D eigenvalue weighted by molar-refractivity contribution is -0.141. The van der Waals surface area contributed by atoms with Crippen molar-refractivity contribution in [3.63, 3.8) is 0 Å². The van der Waals surface area contributed by atoms with Gasteiger partial charge in [-0.15, -0.1) is 0 Å². The molecule has 0 N–H and O–H groups in total. The number of nitrogens with zero attached hydrogens (tertiary/aromatic N) is 1. The van der Waals surface area contributed by atoms with Crippen LogP contribution in [-0.2, 0) is 12.6 Å². The van der Waals surface area contributed by atoms with Gasteiger partial charge in [0.15, 0.2) is 5.69 Å². The normalized spacial score (nSPS) is 11.8. The number of benzene rings is 1. The van der Waals surface area contributed by atoms with E-state index in [0.717, 1.165) is 24.8 Å². The van der Waals surface area contributed by atoms with Crippen LogP contribution in [0.15, 0.2) is 34.9 Å². The van der Waals surface area contributed by atoms with E-state index in [2.05, 4.69) is 11.9 Å². The number of aromatic nitrogens is 1. The highest BCUT2D eigenvalue weighted by molar-refractivity contribution is 5.53. The average molecular weight is 269 g/mol. The van der Waals surface area contributed by atoms with Gasteiger partial charge in [-0.2, -0.15) is 13.2 Å². The summed E-state index contributed by atoms with van der Waals surface area (Å²) < 4.78 is 42.1. The molecule has 1 aromatic heterocycles. The molecule has 0 aliphatic rings. The van der Waals surface area contributed by atoms with E-state index in [-0.39, 0.29) is 5.89 Å². The molecular formula is C14H14F3NO. The minimum Gasteiger partial charge on any atom is -0.444 e. The van der Waals surface area contributed by atoms with Crippen molar-refractivity contribution in [1.29, 1.82) is 0 Å². The predicted molar refractivity (Wildman–Crippen MR) is 65.6 cm³/mol. The molecule has 0 amide bonds. The zero-order chi connectivity index (χ0) is 13.9. The van der Waals surface area contributed by atoms with E-state index in [4.69, 9.17) is 4.42 Å². The first-order valence-corrected chi connectivity index (χ1v) is 6.12. The first kappa shape index (κ1) is 13.6. The zero-order valence-electron chi connectivity index (χ0n) is 10.5. The fourth-order valence-electron chi connectivity index (χ4n) is 1.73. The van der Waals surface area contributed by atoms with Crippen molar-refractivity contribution in [2.45, 2.75) is 32.4 Å². The van der Waals surface area contributed by atoms with Crippen LogP contribution >= 0.6 is 0 Å². The number of halogens is 3. The van der Waals surface area contributed by atoms with Gasteiger partial charge in [-0.3, -0.25) is 0 Å². The lowest BCUT2D eigenvalue weighted by atomic mass is 10.1. The molecule has 1 aromatic carbocycles. The number of alkyl halides is 3. The summed E-state index contributed by atoms with van der Waals surface area (Å²) in [4.78, 5) is 3.45. The predicted octanol–water partition coefficient (Wildman–Crippen LogP) is 4.70. The minimum absolute atomic E-state index is 0.00522. The Kier molecular flexibility index (Phi) is 3.93. The number of oxazole rings is 1. The monoisotopic (exact) mass is 269 g/mol. The fraction of sp³-hybridized carbons (Fsp3) is 0.357. The maximum Gasteiger partial charge on any atom is 0.436 e. The Hall–Kier alpha value is -1.78. The van der Waals surface area contributed by atoms with Gasteiger partial charge in [0.1, 0.15) is 6.26 Å². The van der Waals surface area contributed by atoms with Crippen LogP contribution in [0, 0.1) is 0 Å².